The number of halogens is 3. The normalized spacial score (nSPS) is 15.6. The van der Waals surface area contributed by atoms with E-state index in [0.29, 0.717) is 18.5 Å². The highest BCUT2D eigenvalue weighted by Crippen LogP contribution is 2.40. The van der Waals surface area contributed by atoms with E-state index in [4.69, 9.17) is 19.3 Å². The van der Waals surface area contributed by atoms with Crippen LogP contribution >= 0.6 is 0 Å². The lowest BCUT2D eigenvalue weighted by Crippen LogP contribution is -2.40. The summed E-state index contributed by atoms with van der Waals surface area (Å²) in [5.74, 6) is -1.19. The van der Waals surface area contributed by atoms with Crippen LogP contribution in [0.15, 0.2) is 42.0 Å². The number of carboxylic acids is 1. The molecular formula is C20H15F3O6. The van der Waals surface area contributed by atoms with Crippen LogP contribution in [0.5, 0.6) is 23.0 Å². The molecule has 0 bridgehead atoms. The predicted molar refractivity (Wildman–Crippen MR) is 95.6 cm³/mol. The lowest BCUT2D eigenvalue weighted by atomic mass is 10.0. The van der Waals surface area contributed by atoms with Gasteiger partial charge < -0.3 is 19.3 Å². The minimum Gasteiger partial charge on any atom is -0.490 e. The van der Waals surface area contributed by atoms with Gasteiger partial charge in [0.2, 0.25) is 6.10 Å². The molecule has 1 atom stereocenters. The summed E-state index contributed by atoms with van der Waals surface area (Å²) in [5.41, 5.74) is -0.354. The summed E-state index contributed by atoms with van der Waals surface area (Å²) in [4.78, 5) is 22.1. The van der Waals surface area contributed by atoms with Crippen LogP contribution < -0.4 is 14.2 Å². The van der Waals surface area contributed by atoms with E-state index >= 15 is 0 Å². The van der Waals surface area contributed by atoms with Gasteiger partial charge in [-0.3, -0.25) is 4.79 Å². The van der Waals surface area contributed by atoms with Crippen LogP contribution in [-0.4, -0.2) is 36.2 Å². The van der Waals surface area contributed by atoms with Crippen LogP contribution in [0.1, 0.15) is 22.8 Å². The third kappa shape index (κ3) is 4.34. The van der Waals surface area contributed by atoms with Crippen LogP contribution in [0.2, 0.25) is 0 Å². The van der Waals surface area contributed by atoms with Crippen molar-refractivity contribution in [3.8, 4) is 23.0 Å². The summed E-state index contributed by atoms with van der Waals surface area (Å²) in [5, 5.41) is 9.06. The number of rotatable bonds is 6. The van der Waals surface area contributed by atoms with E-state index in [2.05, 4.69) is 0 Å². The molecule has 3 rings (SSSR count). The summed E-state index contributed by atoms with van der Waals surface area (Å²) in [6.07, 6.45) is -5.92. The van der Waals surface area contributed by atoms with Crippen molar-refractivity contribution in [2.45, 2.75) is 19.2 Å². The van der Waals surface area contributed by atoms with Crippen LogP contribution in [0.4, 0.5) is 13.2 Å². The molecule has 0 aliphatic carbocycles. The molecule has 1 heterocycles. The molecule has 0 amide bonds. The molecule has 1 unspecified atom stereocenters. The molecular weight excluding hydrogens is 393 g/mol. The molecule has 6 nitrogen and oxygen atoms in total. The number of carbonyl (C=O) groups excluding carboxylic acids is 1. The van der Waals surface area contributed by atoms with Crippen molar-refractivity contribution in [2.75, 3.05) is 6.61 Å². The van der Waals surface area contributed by atoms with Crippen LogP contribution in [-0.2, 0) is 4.79 Å². The number of ether oxygens (including phenoxy) is 3. The van der Waals surface area contributed by atoms with Crippen molar-refractivity contribution in [1.29, 1.82) is 0 Å². The van der Waals surface area contributed by atoms with E-state index in [9.17, 15) is 22.8 Å². The Kier molecular flexibility index (Phi) is 5.49. The second-order valence-corrected chi connectivity index (χ2v) is 6.00. The predicted octanol–water partition coefficient (Wildman–Crippen LogP) is 4.48. The van der Waals surface area contributed by atoms with Gasteiger partial charge in [0.25, 0.3) is 0 Å². The number of carbonyl (C=O) groups is 2. The lowest BCUT2D eigenvalue weighted by molar-refractivity contribution is -0.187. The van der Waals surface area contributed by atoms with Crippen LogP contribution in [0.25, 0.3) is 6.08 Å². The van der Waals surface area contributed by atoms with Crippen molar-refractivity contribution in [3.63, 3.8) is 0 Å². The van der Waals surface area contributed by atoms with Gasteiger partial charge in [-0.2, -0.15) is 13.2 Å². The minimum absolute atomic E-state index is 0.150. The Balaban J connectivity index is 1.95. The Morgan fingerprint density at radius 1 is 1.21 bits per heavy atom. The molecule has 0 spiro atoms. The Morgan fingerprint density at radius 2 is 1.97 bits per heavy atom. The summed E-state index contributed by atoms with van der Waals surface area (Å²) in [7, 11) is 0. The highest BCUT2D eigenvalue weighted by molar-refractivity contribution is 5.95. The maximum absolute atomic E-state index is 13.2. The van der Waals surface area contributed by atoms with E-state index < -0.39 is 23.8 Å². The van der Waals surface area contributed by atoms with Crippen molar-refractivity contribution in [3.05, 3.63) is 53.1 Å². The van der Waals surface area contributed by atoms with E-state index in [-0.39, 0.29) is 28.6 Å². The molecule has 0 radical (unpaired) electrons. The summed E-state index contributed by atoms with van der Waals surface area (Å²) in [6, 6.07) is 8.54. The Labute approximate surface area is 163 Å². The van der Waals surface area contributed by atoms with Gasteiger partial charge in [-0.05, 0) is 43.3 Å². The van der Waals surface area contributed by atoms with E-state index in [1.165, 1.54) is 36.4 Å². The maximum atomic E-state index is 13.2. The first-order chi connectivity index (χ1) is 13.7. The molecule has 2 aromatic rings. The van der Waals surface area contributed by atoms with Crippen molar-refractivity contribution >= 4 is 18.3 Å². The standard InChI is InChI=1S/C20H15F3O6/c1-2-27-17-7-11(10-24)3-6-15(17)28-13-5-4-12-8-14(19(25)26)18(20(21,22)23)29-16(12)9-13/h3-10,18H,2H2,1H3,(H,25,26). The molecule has 0 aromatic heterocycles. The Hall–Kier alpha value is -3.49. The molecule has 0 saturated heterocycles. The highest BCUT2D eigenvalue weighted by atomic mass is 19.4. The van der Waals surface area contributed by atoms with E-state index in [0.717, 1.165) is 6.08 Å². The Morgan fingerprint density at radius 3 is 2.59 bits per heavy atom. The number of carboxylic acid groups (broad SMARTS) is 1. The maximum Gasteiger partial charge on any atom is 0.430 e. The number of aliphatic carboxylic acids is 1. The smallest absolute Gasteiger partial charge is 0.430 e. The minimum atomic E-state index is -4.90. The molecule has 1 aliphatic rings. The van der Waals surface area contributed by atoms with Gasteiger partial charge in [0, 0.05) is 17.2 Å². The summed E-state index contributed by atoms with van der Waals surface area (Å²) < 4.78 is 55.6. The summed E-state index contributed by atoms with van der Waals surface area (Å²) >= 11 is 0. The first-order valence-corrected chi connectivity index (χ1v) is 8.45. The average molecular weight is 408 g/mol. The van der Waals surface area contributed by atoms with Gasteiger partial charge >= 0.3 is 12.1 Å². The van der Waals surface area contributed by atoms with Gasteiger partial charge in [-0.25, -0.2) is 4.79 Å². The fourth-order valence-corrected chi connectivity index (χ4v) is 2.73. The first-order valence-electron chi connectivity index (χ1n) is 8.45. The Bertz CT molecular complexity index is 981. The number of alkyl halides is 3. The third-order valence-corrected chi connectivity index (χ3v) is 4.00. The molecule has 1 aliphatic heterocycles. The fraction of sp³-hybridized carbons (Fsp3) is 0.200. The first kappa shape index (κ1) is 20.2. The van der Waals surface area contributed by atoms with Gasteiger partial charge in [-0.15, -0.1) is 0 Å². The van der Waals surface area contributed by atoms with Gasteiger partial charge in [0.15, 0.2) is 11.5 Å². The zero-order valence-corrected chi connectivity index (χ0v) is 15.0. The van der Waals surface area contributed by atoms with Gasteiger partial charge in [-0.1, -0.05) is 0 Å². The quantitative estimate of drug-likeness (QED) is 0.710. The fourth-order valence-electron chi connectivity index (χ4n) is 2.73. The average Bonchev–Trinajstić information content (AvgIpc) is 2.67. The van der Waals surface area contributed by atoms with E-state index in [1.807, 2.05) is 0 Å². The second-order valence-electron chi connectivity index (χ2n) is 6.00. The number of fused-ring (bicyclic) bond motifs is 1. The largest absolute Gasteiger partial charge is 0.490 e. The number of hydrogen-bond donors (Lipinski definition) is 1. The van der Waals surface area contributed by atoms with Crippen molar-refractivity contribution < 1.29 is 42.1 Å². The topological polar surface area (TPSA) is 82.1 Å². The van der Waals surface area contributed by atoms with Crippen LogP contribution in [0.3, 0.4) is 0 Å². The van der Waals surface area contributed by atoms with Crippen LogP contribution in [0, 0.1) is 0 Å². The van der Waals surface area contributed by atoms with Crippen molar-refractivity contribution in [1.82, 2.24) is 0 Å². The lowest BCUT2D eigenvalue weighted by Gasteiger charge is -2.27. The van der Waals surface area contributed by atoms with Gasteiger partial charge in [0.05, 0.1) is 12.2 Å². The monoisotopic (exact) mass is 408 g/mol. The molecule has 9 heteroatoms. The number of benzene rings is 2. The third-order valence-electron chi connectivity index (χ3n) is 4.00. The number of hydrogen-bond acceptors (Lipinski definition) is 5. The molecule has 29 heavy (non-hydrogen) atoms. The zero-order valence-electron chi connectivity index (χ0n) is 15.0. The number of aldehydes is 1. The highest BCUT2D eigenvalue weighted by Gasteiger charge is 2.48. The van der Waals surface area contributed by atoms with E-state index in [1.54, 1.807) is 6.92 Å². The molecule has 0 fully saturated rings. The SMILES string of the molecule is CCOc1cc(C=O)ccc1Oc1ccc2c(c1)OC(C(F)(F)F)C(C(=O)O)=C2. The molecule has 0 saturated carbocycles. The zero-order chi connectivity index (χ0) is 21.2. The molecule has 1 N–H and O–H groups in total. The van der Waals surface area contributed by atoms with Gasteiger partial charge in [0.1, 0.15) is 17.8 Å². The van der Waals surface area contributed by atoms with Crippen molar-refractivity contribution in [2.24, 2.45) is 0 Å². The summed E-state index contributed by atoms with van der Waals surface area (Å²) in [6.45, 7) is 2.05. The molecule has 2 aromatic carbocycles. The molecule has 152 valence electrons. The second kappa shape index (κ2) is 7.86.